The van der Waals surface area contributed by atoms with Gasteiger partial charge in [-0.2, -0.15) is 0 Å². The van der Waals surface area contributed by atoms with Crippen LogP contribution in [0.15, 0.2) is 83.3 Å². The average molecular weight is 348 g/mol. The monoisotopic (exact) mass is 347 g/mol. The summed E-state index contributed by atoms with van der Waals surface area (Å²) in [6.07, 6.45) is 0. The van der Waals surface area contributed by atoms with Crippen LogP contribution in [0.25, 0.3) is 21.5 Å². The highest BCUT2D eigenvalue weighted by Gasteiger charge is 2.06. The highest BCUT2D eigenvalue weighted by molar-refractivity contribution is 9.10. The van der Waals surface area contributed by atoms with Gasteiger partial charge in [-0.3, -0.25) is 0 Å². The summed E-state index contributed by atoms with van der Waals surface area (Å²) in [5, 5.41) is 8.61. The first-order chi connectivity index (χ1) is 10.8. The van der Waals surface area contributed by atoms with Crippen molar-refractivity contribution >= 4 is 48.8 Å². The molecule has 0 unspecified atom stereocenters. The number of hydrogen-bond donors (Lipinski definition) is 1. The third-order valence-electron chi connectivity index (χ3n) is 3.89. The number of fused-ring (bicyclic) bond motifs is 3. The van der Waals surface area contributed by atoms with Crippen LogP contribution in [-0.2, 0) is 0 Å². The lowest BCUT2D eigenvalue weighted by Gasteiger charge is -2.13. The summed E-state index contributed by atoms with van der Waals surface area (Å²) in [4.78, 5) is 0. The predicted molar refractivity (Wildman–Crippen MR) is 98.9 cm³/mol. The smallest absolute Gasteiger partial charge is 0.0470 e. The molecule has 106 valence electrons. The van der Waals surface area contributed by atoms with E-state index >= 15 is 0 Å². The topological polar surface area (TPSA) is 12.0 Å². The molecule has 1 N–H and O–H groups in total. The van der Waals surface area contributed by atoms with E-state index in [0.29, 0.717) is 0 Å². The van der Waals surface area contributed by atoms with Crippen molar-refractivity contribution in [3.8, 4) is 0 Å². The minimum atomic E-state index is 1.08. The summed E-state index contributed by atoms with van der Waals surface area (Å²) < 4.78 is 1.08. The van der Waals surface area contributed by atoms with Crippen LogP contribution in [0.4, 0.5) is 11.4 Å². The third-order valence-corrected chi connectivity index (χ3v) is 4.42. The van der Waals surface area contributed by atoms with Crippen LogP contribution >= 0.6 is 15.9 Å². The van der Waals surface area contributed by atoms with Crippen molar-refractivity contribution in [2.24, 2.45) is 0 Å². The van der Waals surface area contributed by atoms with Crippen molar-refractivity contribution in [1.82, 2.24) is 0 Å². The van der Waals surface area contributed by atoms with Crippen LogP contribution in [0.1, 0.15) is 0 Å². The number of anilines is 2. The molecule has 1 nitrogen and oxygen atoms in total. The first-order valence-electron chi connectivity index (χ1n) is 7.24. The molecule has 0 aliphatic carbocycles. The third kappa shape index (κ3) is 2.36. The first-order valence-corrected chi connectivity index (χ1v) is 8.04. The minimum absolute atomic E-state index is 1.08. The molecule has 0 aliphatic heterocycles. The normalized spacial score (nSPS) is 11.0. The number of halogens is 1. The Morgan fingerprint density at radius 3 is 2.05 bits per heavy atom. The van der Waals surface area contributed by atoms with Gasteiger partial charge in [0, 0.05) is 21.2 Å². The lowest BCUT2D eigenvalue weighted by molar-refractivity contribution is 1.57. The van der Waals surface area contributed by atoms with E-state index in [1.807, 2.05) is 12.1 Å². The fraction of sp³-hybridized carbons (Fsp3) is 0. The fourth-order valence-corrected chi connectivity index (χ4v) is 3.11. The highest BCUT2D eigenvalue weighted by Crippen LogP contribution is 2.33. The Balaban J connectivity index is 1.93. The zero-order chi connectivity index (χ0) is 14.9. The molecule has 4 rings (SSSR count). The number of hydrogen-bond acceptors (Lipinski definition) is 1. The second kappa shape index (κ2) is 5.47. The molecule has 0 spiro atoms. The highest BCUT2D eigenvalue weighted by atomic mass is 79.9. The summed E-state index contributed by atoms with van der Waals surface area (Å²) in [6.45, 7) is 0. The molecule has 0 fully saturated rings. The standard InChI is InChI=1S/C20H14BrN/c21-15-9-11-16(12-10-15)22-20-13-14-5-1-2-6-17(14)18-7-3-4-8-19(18)20/h1-13,22H. The molecule has 0 atom stereocenters. The summed E-state index contributed by atoms with van der Waals surface area (Å²) in [5.41, 5.74) is 2.22. The molecular formula is C20H14BrN. The van der Waals surface area contributed by atoms with Gasteiger partial charge in [0.25, 0.3) is 0 Å². The lowest BCUT2D eigenvalue weighted by Crippen LogP contribution is -1.92. The second-order valence-corrected chi connectivity index (χ2v) is 6.24. The summed E-state index contributed by atoms with van der Waals surface area (Å²) >= 11 is 3.48. The summed E-state index contributed by atoms with van der Waals surface area (Å²) in [7, 11) is 0. The Kier molecular flexibility index (Phi) is 3.32. The maximum Gasteiger partial charge on any atom is 0.0470 e. The van der Waals surface area contributed by atoms with Crippen LogP contribution in [0.3, 0.4) is 0 Å². The van der Waals surface area contributed by atoms with E-state index in [9.17, 15) is 0 Å². The Labute approximate surface area is 137 Å². The van der Waals surface area contributed by atoms with Crippen molar-refractivity contribution in [1.29, 1.82) is 0 Å². The van der Waals surface area contributed by atoms with Gasteiger partial charge in [-0.15, -0.1) is 0 Å². The summed E-state index contributed by atoms with van der Waals surface area (Å²) in [6, 6.07) is 27.5. The van der Waals surface area contributed by atoms with Gasteiger partial charge in [0.15, 0.2) is 0 Å². The van der Waals surface area contributed by atoms with Crippen molar-refractivity contribution < 1.29 is 0 Å². The van der Waals surface area contributed by atoms with Gasteiger partial charge >= 0.3 is 0 Å². The maximum atomic E-state index is 3.55. The van der Waals surface area contributed by atoms with Crippen LogP contribution in [-0.4, -0.2) is 0 Å². The molecular weight excluding hydrogens is 334 g/mol. The largest absolute Gasteiger partial charge is 0.355 e. The van der Waals surface area contributed by atoms with Gasteiger partial charge in [-0.25, -0.2) is 0 Å². The Morgan fingerprint density at radius 1 is 0.636 bits per heavy atom. The quantitative estimate of drug-likeness (QED) is 0.408. The maximum absolute atomic E-state index is 3.55. The van der Waals surface area contributed by atoms with Crippen molar-refractivity contribution in [2.75, 3.05) is 5.32 Å². The molecule has 4 aromatic rings. The summed E-state index contributed by atoms with van der Waals surface area (Å²) in [5.74, 6) is 0. The molecule has 22 heavy (non-hydrogen) atoms. The van der Waals surface area contributed by atoms with Gasteiger partial charge < -0.3 is 5.32 Å². The molecule has 0 saturated carbocycles. The van der Waals surface area contributed by atoms with Gasteiger partial charge in [0.1, 0.15) is 0 Å². The van der Waals surface area contributed by atoms with Gasteiger partial charge in [0.05, 0.1) is 0 Å². The average Bonchev–Trinajstić information content (AvgIpc) is 2.57. The molecule has 0 heterocycles. The van der Waals surface area contributed by atoms with Crippen molar-refractivity contribution in [3.63, 3.8) is 0 Å². The number of benzene rings is 4. The molecule has 0 aliphatic rings. The Bertz CT molecular complexity index is 958. The Morgan fingerprint density at radius 2 is 1.27 bits per heavy atom. The molecule has 0 amide bonds. The van der Waals surface area contributed by atoms with Crippen molar-refractivity contribution in [3.05, 3.63) is 83.3 Å². The minimum Gasteiger partial charge on any atom is -0.355 e. The van der Waals surface area contributed by atoms with E-state index in [0.717, 1.165) is 15.8 Å². The molecule has 0 saturated heterocycles. The van der Waals surface area contributed by atoms with Gasteiger partial charge in [0.2, 0.25) is 0 Å². The predicted octanol–water partition coefficient (Wildman–Crippen LogP) is 6.50. The van der Waals surface area contributed by atoms with Gasteiger partial charge in [-0.05, 0) is 46.5 Å². The van der Waals surface area contributed by atoms with E-state index in [4.69, 9.17) is 0 Å². The molecule has 4 aromatic carbocycles. The van der Waals surface area contributed by atoms with E-state index < -0.39 is 0 Å². The van der Waals surface area contributed by atoms with E-state index in [2.05, 4.69) is 88.0 Å². The fourth-order valence-electron chi connectivity index (χ4n) is 2.85. The molecule has 0 aromatic heterocycles. The van der Waals surface area contributed by atoms with Crippen LogP contribution in [0, 0.1) is 0 Å². The second-order valence-electron chi connectivity index (χ2n) is 5.32. The molecule has 0 bridgehead atoms. The lowest BCUT2D eigenvalue weighted by atomic mass is 10.0. The molecule has 0 radical (unpaired) electrons. The Hall–Kier alpha value is -2.32. The SMILES string of the molecule is Brc1ccc(Nc2cc3ccccc3c3ccccc23)cc1. The van der Waals surface area contributed by atoms with E-state index in [1.165, 1.54) is 21.5 Å². The first kappa shape index (κ1) is 13.4. The zero-order valence-electron chi connectivity index (χ0n) is 11.9. The van der Waals surface area contributed by atoms with E-state index in [-0.39, 0.29) is 0 Å². The van der Waals surface area contributed by atoms with Crippen molar-refractivity contribution in [2.45, 2.75) is 0 Å². The van der Waals surface area contributed by atoms with Crippen LogP contribution in [0.2, 0.25) is 0 Å². The van der Waals surface area contributed by atoms with Crippen LogP contribution < -0.4 is 5.32 Å². The van der Waals surface area contributed by atoms with Gasteiger partial charge in [-0.1, -0.05) is 64.5 Å². The number of rotatable bonds is 2. The zero-order valence-corrected chi connectivity index (χ0v) is 13.5. The van der Waals surface area contributed by atoms with Crippen LogP contribution in [0.5, 0.6) is 0 Å². The number of nitrogens with one attached hydrogen (secondary N) is 1. The molecule has 2 heteroatoms. The van der Waals surface area contributed by atoms with E-state index in [1.54, 1.807) is 0 Å².